The number of methoxy groups -OCH3 is 1. The van der Waals surface area contributed by atoms with Crippen LogP contribution in [0.4, 0.5) is 0 Å². The predicted octanol–water partition coefficient (Wildman–Crippen LogP) is 1.91. The fraction of sp³-hybridized carbons (Fsp3) is 0.538. The van der Waals surface area contributed by atoms with Gasteiger partial charge in [0.15, 0.2) is 0 Å². The Hall–Kier alpha value is -0.820. The van der Waals surface area contributed by atoms with E-state index in [1.54, 1.807) is 12.1 Å². The predicted molar refractivity (Wildman–Crippen MR) is 82.9 cm³/mol. The number of sulfonamides is 1. The van der Waals surface area contributed by atoms with Crippen LogP contribution in [0.2, 0.25) is 0 Å². The maximum Gasteiger partial charge on any atom is 0.240 e. The number of benzene rings is 1. The van der Waals surface area contributed by atoms with Crippen LogP contribution in [0, 0.1) is 0 Å². The Morgan fingerprint density at radius 1 is 1.20 bits per heavy atom. The quantitative estimate of drug-likeness (QED) is 0.803. The molecule has 0 amide bonds. The monoisotopic (exact) mass is 322 g/mol. The molecule has 0 aromatic heterocycles. The molecule has 116 valence electrons. The zero-order valence-electron chi connectivity index (χ0n) is 12.0. The van der Waals surface area contributed by atoms with Crippen molar-refractivity contribution in [3.8, 4) is 5.75 Å². The standard InChI is InChI=1S/C13H22N2O3S.ClH/c1-4-13(14,5-2)10-15-19(16,17)12-8-6-11(18-3)7-9-12;/h6-9,15H,4-5,10,14H2,1-3H3;1H. The van der Waals surface area contributed by atoms with E-state index in [4.69, 9.17) is 10.5 Å². The van der Waals surface area contributed by atoms with Gasteiger partial charge in [0.2, 0.25) is 10.0 Å². The van der Waals surface area contributed by atoms with Gasteiger partial charge in [-0.15, -0.1) is 12.4 Å². The first-order chi connectivity index (χ1) is 8.87. The molecular weight excluding hydrogens is 300 g/mol. The number of ether oxygens (including phenoxy) is 1. The Morgan fingerprint density at radius 2 is 1.70 bits per heavy atom. The van der Waals surface area contributed by atoms with Crippen LogP contribution in [0.5, 0.6) is 5.75 Å². The van der Waals surface area contributed by atoms with Crippen LogP contribution >= 0.6 is 12.4 Å². The van der Waals surface area contributed by atoms with Crippen molar-refractivity contribution in [1.29, 1.82) is 0 Å². The van der Waals surface area contributed by atoms with Crippen molar-refractivity contribution < 1.29 is 13.2 Å². The van der Waals surface area contributed by atoms with E-state index in [1.165, 1.54) is 19.2 Å². The molecule has 0 saturated carbocycles. The van der Waals surface area contributed by atoms with E-state index >= 15 is 0 Å². The van der Waals surface area contributed by atoms with Crippen molar-refractivity contribution in [3.05, 3.63) is 24.3 Å². The lowest BCUT2D eigenvalue weighted by atomic mass is 9.95. The minimum absolute atomic E-state index is 0. The Kier molecular flexibility index (Phi) is 7.51. The highest BCUT2D eigenvalue weighted by Crippen LogP contribution is 2.16. The summed E-state index contributed by atoms with van der Waals surface area (Å²) >= 11 is 0. The van der Waals surface area contributed by atoms with Crippen LogP contribution < -0.4 is 15.2 Å². The fourth-order valence-corrected chi connectivity index (χ4v) is 2.72. The molecule has 0 aliphatic carbocycles. The summed E-state index contributed by atoms with van der Waals surface area (Å²) in [6.45, 7) is 4.13. The molecule has 7 heteroatoms. The molecule has 0 saturated heterocycles. The molecule has 20 heavy (non-hydrogen) atoms. The van der Waals surface area contributed by atoms with E-state index in [1.807, 2.05) is 13.8 Å². The van der Waals surface area contributed by atoms with Crippen LogP contribution in [0.15, 0.2) is 29.2 Å². The number of hydrogen-bond donors (Lipinski definition) is 2. The Morgan fingerprint density at radius 3 is 2.10 bits per heavy atom. The summed E-state index contributed by atoms with van der Waals surface area (Å²) in [5.74, 6) is 0.620. The molecule has 0 fully saturated rings. The summed E-state index contributed by atoms with van der Waals surface area (Å²) < 4.78 is 31.8. The van der Waals surface area contributed by atoms with E-state index in [9.17, 15) is 8.42 Å². The van der Waals surface area contributed by atoms with E-state index in [-0.39, 0.29) is 23.8 Å². The second-order valence-electron chi connectivity index (χ2n) is 4.57. The highest BCUT2D eigenvalue weighted by Gasteiger charge is 2.23. The smallest absolute Gasteiger partial charge is 0.240 e. The third-order valence-corrected chi connectivity index (χ3v) is 4.81. The lowest BCUT2D eigenvalue weighted by Crippen LogP contribution is -2.49. The molecule has 0 unspecified atom stereocenters. The van der Waals surface area contributed by atoms with E-state index < -0.39 is 15.6 Å². The lowest BCUT2D eigenvalue weighted by Gasteiger charge is -2.26. The van der Waals surface area contributed by atoms with Gasteiger partial charge < -0.3 is 10.5 Å². The van der Waals surface area contributed by atoms with E-state index in [2.05, 4.69) is 4.72 Å². The number of nitrogens with one attached hydrogen (secondary N) is 1. The largest absolute Gasteiger partial charge is 0.497 e. The molecule has 5 nitrogen and oxygen atoms in total. The number of halogens is 1. The molecule has 0 atom stereocenters. The lowest BCUT2D eigenvalue weighted by molar-refractivity contribution is 0.391. The third kappa shape index (κ3) is 4.94. The molecular formula is C13H23ClN2O3S. The van der Waals surface area contributed by atoms with Gasteiger partial charge in [-0.3, -0.25) is 0 Å². The van der Waals surface area contributed by atoms with Crippen molar-refractivity contribution in [2.24, 2.45) is 5.73 Å². The topological polar surface area (TPSA) is 81.4 Å². The number of nitrogens with two attached hydrogens (primary N) is 1. The summed E-state index contributed by atoms with van der Waals surface area (Å²) in [6, 6.07) is 6.25. The molecule has 0 spiro atoms. The van der Waals surface area contributed by atoms with Gasteiger partial charge in [-0.25, -0.2) is 13.1 Å². The molecule has 1 rings (SSSR count). The number of hydrogen-bond acceptors (Lipinski definition) is 4. The second-order valence-corrected chi connectivity index (χ2v) is 6.34. The first kappa shape index (κ1) is 19.2. The molecule has 1 aromatic carbocycles. The maximum absolute atomic E-state index is 12.1. The van der Waals surface area contributed by atoms with Gasteiger partial charge >= 0.3 is 0 Å². The summed E-state index contributed by atoms with van der Waals surface area (Å²) in [5, 5.41) is 0. The summed E-state index contributed by atoms with van der Waals surface area (Å²) in [5.41, 5.74) is 5.58. The van der Waals surface area contributed by atoms with Crippen molar-refractivity contribution >= 4 is 22.4 Å². The fourth-order valence-electron chi connectivity index (χ4n) is 1.58. The minimum atomic E-state index is -3.52. The molecule has 0 bridgehead atoms. The van der Waals surface area contributed by atoms with Gasteiger partial charge in [-0.2, -0.15) is 0 Å². The SMILES string of the molecule is CCC(N)(CC)CNS(=O)(=O)c1ccc(OC)cc1.Cl. The molecule has 0 radical (unpaired) electrons. The van der Waals surface area contributed by atoms with Crippen molar-refractivity contribution in [1.82, 2.24) is 4.72 Å². The Labute approximate surface area is 127 Å². The van der Waals surface area contributed by atoms with Crippen molar-refractivity contribution in [3.63, 3.8) is 0 Å². The zero-order chi connectivity index (χ0) is 14.5. The molecule has 0 heterocycles. The first-order valence-electron chi connectivity index (χ1n) is 6.29. The highest BCUT2D eigenvalue weighted by atomic mass is 35.5. The first-order valence-corrected chi connectivity index (χ1v) is 7.78. The number of rotatable bonds is 7. The summed E-state index contributed by atoms with van der Waals surface area (Å²) in [7, 11) is -1.99. The Bertz CT molecular complexity index is 499. The minimum Gasteiger partial charge on any atom is -0.497 e. The zero-order valence-corrected chi connectivity index (χ0v) is 13.7. The molecule has 0 aliphatic heterocycles. The summed E-state index contributed by atoms with van der Waals surface area (Å²) in [4.78, 5) is 0.211. The average Bonchev–Trinajstić information content (AvgIpc) is 2.45. The van der Waals surface area contributed by atoms with Gasteiger partial charge in [0.1, 0.15) is 5.75 Å². The summed E-state index contributed by atoms with van der Waals surface area (Å²) in [6.07, 6.45) is 1.43. The average molecular weight is 323 g/mol. The van der Waals surface area contributed by atoms with Crippen molar-refractivity contribution in [2.75, 3.05) is 13.7 Å². The van der Waals surface area contributed by atoms with Gasteiger partial charge in [0.25, 0.3) is 0 Å². The highest BCUT2D eigenvalue weighted by molar-refractivity contribution is 7.89. The van der Waals surface area contributed by atoms with Gasteiger partial charge in [0, 0.05) is 12.1 Å². The van der Waals surface area contributed by atoms with Crippen molar-refractivity contribution in [2.45, 2.75) is 37.1 Å². The van der Waals surface area contributed by atoms with Crippen LogP contribution in [-0.2, 0) is 10.0 Å². The second kappa shape index (κ2) is 7.83. The van der Waals surface area contributed by atoms with Crippen LogP contribution in [0.1, 0.15) is 26.7 Å². The van der Waals surface area contributed by atoms with Crippen LogP contribution in [-0.4, -0.2) is 27.6 Å². The molecule has 0 aliphatic rings. The van der Waals surface area contributed by atoms with E-state index in [0.29, 0.717) is 18.6 Å². The van der Waals surface area contributed by atoms with Gasteiger partial charge in [0.05, 0.1) is 12.0 Å². The van der Waals surface area contributed by atoms with Crippen LogP contribution in [0.3, 0.4) is 0 Å². The molecule has 3 N–H and O–H groups in total. The maximum atomic E-state index is 12.1. The normalized spacial score (nSPS) is 11.8. The van der Waals surface area contributed by atoms with Gasteiger partial charge in [-0.05, 0) is 37.1 Å². The van der Waals surface area contributed by atoms with E-state index in [0.717, 1.165) is 0 Å². The Balaban J connectivity index is 0.00000361. The van der Waals surface area contributed by atoms with Crippen LogP contribution in [0.25, 0.3) is 0 Å². The molecule has 1 aromatic rings. The van der Waals surface area contributed by atoms with Gasteiger partial charge in [-0.1, -0.05) is 13.8 Å². The third-order valence-electron chi connectivity index (χ3n) is 3.39.